The van der Waals surface area contributed by atoms with Crippen molar-refractivity contribution in [1.29, 1.82) is 0 Å². The first-order valence-corrected chi connectivity index (χ1v) is 9.94. The van der Waals surface area contributed by atoms with Crippen LogP contribution in [0, 0.1) is 5.82 Å². The molecule has 2 aromatic carbocycles. The summed E-state index contributed by atoms with van der Waals surface area (Å²) in [7, 11) is 1.61. The Bertz CT molecular complexity index is 1150. The lowest BCUT2D eigenvalue weighted by molar-refractivity contribution is 0.104. The van der Waals surface area contributed by atoms with Gasteiger partial charge in [0.05, 0.1) is 5.56 Å². The average molecular weight is 403 g/mol. The lowest BCUT2D eigenvalue weighted by atomic mass is 10.00. The Labute approximate surface area is 174 Å². The molecule has 0 bridgehead atoms. The van der Waals surface area contributed by atoms with Gasteiger partial charge in [0, 0.05) is 25.7 Å². The van der Waals surface area contributed by atoms with Crippen molar-refractivity contribution in [2.45, 2.75) is 12.8 Å². The van der Waals surface area contributed by atoms with E-state index in [2.05, 4.69) is 5.10 Å². The van der Waals surface area contributed by atoms with Crippen molar-refractivity contribution < 1.29 is 9.18 Å². The molecule has 1 aliphatic rings. The summed E-state index contributed by atoms with van der Waals surface area (Å²) in [4.78, 5) is 28.3. The Hall–Kier alpha value is -3.54. The molecule has 0 N–H and O–H groups in total. The molecule has 0 saturated carbocycles. The number of ketones is 1. The van der Waals surface area contributed by atoms with Gasteiger partial charge in [-0.3, -0.25) is 9.59 Å². The molecule has 1 aromatic heterocycles. The van der Waals surface area contributed by atoms with Crippen LogP contribution in [0.5, 0.6) is 0 Å². The molecular formula is C24H22FN3O2. The van der Waals surface area contributed by atoms with Crippen molar-refractivity contribution in [3.63, 3.8) is 0 Å². The summed E-state index contributed by atoms with van der Waals surface area (Å²) in [5.41, 5.74) is 2.38. The van der Waals surface area contributed by atoms with E-state index < -0.39 is 0 Å². The lowest BCUT2D eigenvalue weighted by Gasteiger charge is -2.22. The van der Waals surface area contributed by atoms with Gasteiger partial charge in [-0.15, -0.1) is 0 Å². The molecule has 1 fully saturated rings. The molecule has 4 rings (SSSR count). The van der Waals surface area contributed by atoms with Gasteiger partial charge in [-0.1, -0.05) is 48.5 Å². The van der Waals surface area contributed by atoms with Gasteiger partial charge in [0.1, 0.15) is 17.2 Å². The summed E-state index contributed by atoms with van der Waals surface area (Å²) in [6.07, 6.45) is 5.01. The molecule has 0 spiro atoms. The molecule has 30 heavy (non-hydrogen) atoms. The molecule has 6 heteroatoms. The highest BCUT2D eigenvalue weighted by Gasteiger charge is 2.27. The Morgan fingerprint density at radius 2 is 1.70 bits per heavy atom. The van der Waals surface area contributed by atoms with Gasteiger partial charge in [0.15, 0.2) is 5.78 Å². The van der Waals surface area contributed by atoms with Crippen LogP contribution in [0.1, 0.15) is 28.8 Å². The molecule has 1 saturated heterocycles. The zero-order valence-electron chi connectivity index (χ0n) is 16.7. The third kappa shape index (κ3) is 3.94. The standard InChI is InChI=1S/C24H22FN3O2/c1-27-24(30)23(28-15-5-6-16-28)21(22(26-27)18-7-3-2-4-8-18)20(29)14-11-17-9-12-19(25)13-10-17/h2-4,7-14H,5-6,15-16H2,1H3/b14-11+. The van der Waals surface area contributed by atoms with Crippen LogP contribution >= 0.6 is 0 Å². The second-order valence-electron chi connectivity index (χ2n) is 7.31. The predicted octanol–water partition coefficient (Wildman–Crippen LogP) is 4.08. The average Bonchev–Trinajstić information content (AvgIpc) is 3.29. The minimum Gasteiger partial charge on any atom is -0.366 e. The number of anilines is 1. The molecule has 2 heterocycles. The maximum absolute atomic E-state index is 13.3. The van der Waals surface area contributed by atoms with E-state index in [1.54, 1.807) is 25.3 Å². The van der Waals surface area contributed by atoms with E-state index in [0.29, 0.717) is 22.5 Å². The van der Waals surface area contributed by atoms with Crippen molar-refractivity contribution in [2.75, 3.05) is 18.0 Å². The fourth-order valence-corrected chi connectivity index (χ4v) is 3.71. The number of nitrogens with zero attached hydrogens (tertiary/aromatic N) is 3. The van der Waals surface area contributed by atoms with Crippen molar-refractivity contribution in [3.8, 4) is 11.3 Å². The first-order valence-electron chi connectivity index (χ1n) is 9.94. The molecule has 5 nitrogen and oxygen atoms in total. The number of aromatic nitrogens is 2. The number of halogens is 1. The third-order valence-electron chi connectivity index (χ3n) is 5.23. The predicted molar refractivity (Wildman–Crippen MR) is 116 cm³/mol. The van der Waals surface area contributed by atoms with Crippen LogP contribution in [0.15, 0.2) is 65.5 Å². The van der Waals surface area contributed by atoms with Crippen LogP contribution in [0.3, 0.4) is 0 Å². The van der Waals surface area contributed by atoms with Crippen molar-refractivity contribution in [2.24, 2.45) is 7.05 Å². The minimum atomic E-state index is -0.336. The Balaban J connectivity index is 1.86. The zero-order valence-corrected chi connectivity index (χ0v) is 16.7. The van der Waals surface area contributed by atoms with Crippen LogP contribution in [0.4, 0.5) is 10.1 Å². The molecular weight excluding hydrogens is 381 g/mol. The normalized spacial score (nSPS) is 13.9. The smallest absolute Gasteiger partial charge is 0.290 e. The Morgan fingerprint density at radius 1 is 1.03 bits per heavy atom. The second kappa shape index (κ2) is 8.45. The van der Waals surface area contributed by atoms with E-state index in [9.17, 15) is 14.0 Å². The third-order valence-corrected chi connectivity index (χ3v) is 5.23. The van der Waals surface area contributed by atoms with Crippen molar-refractivity contribution in [3.05, 3.63) is 88.0 Å². The fraction of sp³-hybridized carbons (Fsp3) is 0.208. The van der Waals surface area contributed by atoms with E-state index in [0.717, 1.165) is 31.5 Å². The summed E-state index contributed by atoms with van der Waals surface area (Å²) in [6.45, 7) is 1.46. The van der Waals surface area contributed by atoms with E-state index in [1.807, 2.05) is 35.2 Å². The van der Waals surface area contributed by atoms with Gasteiger partial charge < -0.3 is 4.90 Å². The number of benzene rings is 2. The van der Waals surface area contributed by atoms with Crippen molar-refractivity contribution in [1.82, 2.24) is 9.78 Å². The quantitative estimate of drug-likeness (QED) is 0.476. The molecule has 1 aliphatic heterocycles. The summed E-state index contributed by atoms with van der Waals surface area (Å²) < 4.78 is 14.5. The van der Waals surface area contributed by atoms with E-state index in [1.165, 1.54) is 22.9 Å². The van der Waals surface area contributed by atoms with Crippen LogP contribution in [-0.4, -0.2) is 28.7 Å². The Kier molecular flexibility index (Phi) is 5.57. The maximum Gasteiger partial charge on any atom is 0.290 e. The SMILES string of the molecule is Cn1nc(-c2ccccc2)c(C(=O)/C=C/c2ccc(F)cc2)c(N2CCCC2)c1=O. The number of aryl methyl sites for hydroxylation is 1. The van der Waals surface area contributed by atoms with Gasteiger partial charge in [0.25, 0.3) is 5.56 Å². The fourth-order valence-electron chi connectivity index (χ4n) is 3.71. The van der Waals surface area contributed by atoms with E-state index in [-0.39, 0.29) is 17.2 Å². The molecule has 152 valence electrons. The Morgan fingerprint density at radius 3 is 2.37 bits per heavy atom. The van der Waals surface area contributed by atoms with Crippen molar-refractivity contribution >= 4 is 17.5 Å². The van der Waals surface area contributed by atoms with Crippen LogP contribution in [0.25, 0.3) is 17.3 Å². The number of allylic oxidation sites excluding steroid dienone is 1. The first-order chi connectivity index (χ1) is 14.5. The highest BCUT2D eigenvalue weighted by molar-refractivity contribution is 6.14. The largest absolute Gasteiger partial charge is 0.366 e. The topological polar surface area (TPSA) is 55.2 Å². The second-order valence-corrected chi connectivity index (χ2v) is 7.31. The summed E-state index contributed by atoms with van der Waals surface area (Å²) in [5, 5.41) is 4.44. The number of carbonyl (C=O) groups excluding carboxylic acids is 1. The number of rotatable bonds is 5. The summed E-state index contributed by atoms with van der Waals surface area (Å²) in [6, 6.07) is 15.3. The van der Waals surface area contributed by atoms with Gasteiger partial charge in [0.2, 0.25) is 0 Å². The first kappa shape index (κ1) is 19.8. The van der Waals surface area contributed by atoms with E-state index >= 15 is 0 Å². The molecule has 3 aromatic rings. The molecule has 0 amide bonds. The zero-order chi connectivity index (χ0) is 21.1. The lowest BCUT2D eigenvalue weighted by Crippen LogP contribution is -2.33. The number of hydrogen-bond acceptors (Lipinski definition) is 4. The van der Waals surface area contributed by atoms with Crippen LogP contribution < -0.4 is 10.5 Å². The summed E-state index contributed by atoms with van der Waals surface area (Å²) in [5.74, 6) is -0.637. The minimum absolute atomic E-state index is 0.282. The molecule has 0 unspecified atom stereocenters. The molecule has 0 aliphatic carbocycles. The molecule has 0 atom stereocenters. The van der Waals surface area contributed by atoms with Gasteiger partial charge in [-0.2, -0.15) is 5.10 Å². The highest BCUT2D eigenvalue weighted by Crippen LogP contribution is 2.29. The van der Waals surface area contributed by atoms with Gasteiger partial charge >= 0.3 is 0 Å². The van der Waals surface area contributed by atoms with Gasteiger partial charge in [-0.25, -0.2) is 9.07 Å². The van der Waals surface area contributed by atoms with Gasteiger partial charge in [-0.05, 0) is 36.6 Å². The maximum atomic E-state index is 13.3. The van der Waals surface area contributed by atoms with Crippen LogP contribution in [0.2, 0.25) is 0 Å². The summed E-state index contributed by atoms with van der Waals surface area (Å²) >= 11 is 0. The highest BCUT2D eigenvalue weighted by atomic mass is 19.1. The number of hydrogen-bond donors (Lipinski definition) is 0. The van der Waals surface area contributed by atoms with E-state index in [4.69, 9.17) is 0 Å². The van der Waals surface area contributed by atoms with Crippen LogP contribution in [-0.2, 0) is 7.05 Å². The molecule has 0 radical (unpaired) electrons. The monoisotopic (exact) mass is 403 g/mol. The number of carbonyl (C=O) groups is 1.